The van der Waals surface area contributed by atoms with Gasteiger partial charge in [0.1, 0.15) is 9.00 Å². The van der Waals surface area contributed by atoms with Gasteiger partial charge in [-0.3, -0.25) is 4.79 Å². The third kappa shape index (κ3) is 5.24. The molecule has 24 heavy (non-hydrogen) atoms. The summed E-state index contributed by atoms with van der Waals surface area (Å²) in [7, 11) is 0. The van der Waals surface area contributed by atoms with Crippen molar-refractivity contribution >= 4 is 51.3 Å². The molecule has 4 nitrogen and oxygen atoms in total. The van der Waals surface area contributed by atoms with Gasteiger partial charge in [0.05, 0.1) is 6.61 Å². The zero-order valence-corrected chi connectivity index (χ0v) is 16.8. The first-order valence-corrected chi connectivity index (χ1v) is 10.0. The molecule has 0 saturated carbocycles. The highest BCUT2D eigenvalue weighted by molar-refractivity contribution is 14.1. The standard InChI is InChI=1S/C18H21IO4S/c1-3-9-18(2,19)17(21)22-10-6-11-24-15-12-16(20)23-14-8-5-4-7-13(14)15/h4-5,7-8,12H,3,6,9-11H2,1-2H3. The summed E-state index contributed by atoms with van der Waals surface area (Å²) in [4.78, 5) is 24.5. The number of esters is 1. The number of carbonyl (C=O) groups is 1. The molecular weight excluding hydrogens is 439 g/mol. The Morgan fingerprint density at radius 3 is 2.88 bits per heavy atom. The van der Waals surface area contributed by atoms with Crippen molar-refractivity contribution in [2.75, 3.05) is 12.4 Å². The topological polar surface area (TPSA) is 56.5 Å². The van der Waals surface area contributed by atoms with Gasteiger partial charge in [0.2, 0.25) is 0 Å². The van der Waals surface area contributed by atoms with Crippen LogP contribution >= 0.6 is 34.4 Å². The summed E-state index contributed by atoms with van der Waals surface area (Å²) in [5.74, 6) is 0.618. The number of halogens is 1. The molecular formula is C18H21IO4S. The van der Waals surface area contributed by atoms with E-state index in [-0.39, 0.29) is 11.6 Å². The zero-order chi connectivity index (χ0) is 17.6. The Morgan fingerprint density at radius 1 is 1.38 bits per heavy atom. The highest BCUT2D eigenvalue weighted by Crippen LogP contribution is 2.28. The van der Waals surface area contributed by atoms with E-state index in [0.717, 1.165) is 35.3 Å². The molecule has 0 aliphatic rings. The van der Waals surface area contributed by atoms with Crippen LogP contribution in [0.5, 0.6) is 0 Å². The molecule has 2 aromatic rings. The molecule has 1 aromatic carbocycles. The third-order valence-electron chi connectivity index (χ3n) is 3.54. The van der Waals surface area contributed by atoms with Gasteiger partial charge in [-0.1, -0.05) is 54.1 Å². The molecule has 0 saturated heterocycles. The van der Waals surface area contributed by atoms with Gasteiger partial charge in [0.15, 0.2) is 0 Å². The zero-order valence-electron chi connectivity index (χ0n) is 13.8. The molecule has 1 unspecified atom stereocenters. The number of fused-ring (bicyclic) bond motifs is 1. The summed E-state index contributed by atoms with van der Waals surface area (Å²) in [6.07, 6.45) is 2.50. The fourth-order valence-corrected chi connectivity index (χ4v) is 4.01. The molecule has 0 spiro atoms. The maximum atomic E-state index is 12.0. The van der Waals surface area contributed by atoms with Crippen molar-refractivity contribution in [1.82, 2.24) is 0 Å². The van der Waals surface area contributed by atoms with E-state index < -0.39 is 3.42 Å². The second-order valence-corrected chi connectivity index (χ2v) is 9.23. The van der Waals surface area contributed by atoms with Crippen molar-refractivity contribution in [2.24, 2.45) is 0 Å². The second-order valence-electron chi connectivity index (χ2n) is 5.71. The number of thioether (sulfide) groups is 1. The van der Waals surface area contributed by atoms with E-state index in [1.54, 1.807) is 17.8 Å². The Kier molecular flexibility index (Phi) is 7.16. The predicted molar refractivity (Wildman–Crippen MR) is 106 cm³/mol. The van der Waals surface area contributed by atoms with Crippen LogP contribution < -0.4 is 5.63 Å². The van der Waals surface area contributed by atoms with E-state index in [1.807, 2.05) is 25.1 Å². The molecule has 0 aliphatic heterocycles. The summed E-state index contributed by atoms with van der Waals surface area (Å²) in [6.45, 7) is 4.36. The van der Waals surface area contributed by atoms with Gasteiger partial charge >= 0.3 is 11.6 Å². The van der Waals surface area contributed by atoms with E-state index in [9.17, 15) is 9.59 Å². The monoisotopic (exact) mass is 460 g/mol. The van der Waals surface area contributed by atoms with E-state index in [2.05, 4.69) is 29.5 Å². The summed E-state index contributed by atoms with van der Waals surface area (Å²) < 4.78 is 10.1. The molecule has 1 aromatic heterocycles. The van der Waals surface area contributed by atoms with Crippen molar-refractivity contribution in [3.8, 4) is 0 Å². The quantitative estimate of drug-likeness (QED) is 0.141. The van der Waals surface area contributed by atoms with Crippen LogP contribution in [-0.2, 0) is 9.53 Å². The largest absolute Gasteiger partial charge is 0.465 e. The van der Waals surface area contributed by atoms with E-state index in [4.69, 9.17) is 9.15 Å². The van der Waals surface area contributed by atoms with Crippen LogP contribution in [0.25, 0.3) is 11.0 Å². The number of hydrogen-bond donors (Lipinski definition) is 0. The number of hydrogen-bond acceptors (Lipinski definition) is 5. The minimum atomic E-state index is -0.450. The van der Waals surface area contributed by atoms with Crippen LogP contribution in [0, 0.1) is 0 Å². The van der Waals surface area contributed by atoms with Crippen LogP contribution in [0.2, 0.25) is 0 Å². The average molecular weight is 460 g/mol. The lowest BCUT2D eigenvalue weighted by atomic mass is 10.1. The van der Waals surface area contributed by atoms with Crippen LogP contribution in [0.4, 0.5) is 0 Å². The number of rotatable bonds is 8. The second kappa shape index (κ2) is 8.89. The Balaban J connectivity index is 1.85. The molecule has 0 radical (unpaired) electrons. The van der Waals surface area contributed by atoms with E-state index in [0.29, 0.717) is 12.2 Å². The van der Waals surface area contributed by atoms with Gasteiger partial charge in [0, 0.05) is 22.1 Å². The molecule has 2 rings (SSSR count). The minimum absolute atomic E-state index is 0.152. The lowest BCUT2D eigenvalue weighted by molar-refractivity contribution is -0.145. The van der Waals surface area contributed by atoms with Crippen LogP contribution in [0.15, 0.2) is 44.4 Å². The molecule has 1 heterocycles. The van der Waals surface area contributed by atoms with Crippen molar-refractivity contribution in [2.45, 2.75) is 41.4 Å². The van der Waals surface area contributed by atoms with Gasteiger partial charge in [0.25, 0.3) is 0 Å². The highest BCUT2D eigenvalue weighted by atomic mass is 127. The van der Waals surface area contributed by atoms with E-state index >= 15 is 0 Å². The number of alkyl halides is 1. The maximum Gasteiger partial charge on any atom is 0.337 e. The minimum Gasteiger partial charge on any atom is -0.465 e. The number of carbonyl (C=O) groups excluding carboxylic acids is 1. The molecule has 6 heteroatoms. The normalized spacial score (nSPS) is 13.6. The lowest BCUT2D eigenvalue weighted by Gasteiger charge is -2.19. The summed E-state index contributed by atoms with van der Waals surface area (Å²) in [6, 6.07) is 9.01. The number of ether oxygens (including phenoxy) is 1. The van der Waals surface area contributed by atoms with Crippen LogP contribution in [-0.4, -0.2) is 21.8 Å². The van der Waals surface area contributed by atoms with Crippen molar-refractivity contribution in [1.29, 1.82) is 0 Å². The molecule has 0 aliphatic carbocycles. The first-order chi connectivity index (χ1) is 11.4. The van der Waals surface area contributed by atoms with Gasteiger partial charge < -0.3 is 9.15 Å². The van der Waals surface area contributed by atoms with Crippen molar-refractivity contribution in [3.63, 3.8) is 0 Å². The lowest BCUT2D eigenvalue weighted by Crippen LogP contribution is -2.30. The highest BCUT2D eigenvalue weighted by Gasteiger charge is 2.30. The Labute approximate surface area is 159 Å². The summed E-state index contributed by atoms with van der Waals surface area (Å²) in [5.41, 5.74) is 0.252. The van der Waals surface area contributed by atoms with E-state index in [1.165, 1.54) is 6.07 Å². The smallest absolute Gasteiger partial charge is 0.337 e. The fraction of sp³-hybridized carbons (Fsp3) is 0.444. The molecule has 0 fully saturated rings. The van der Waals surface area contributed by atoms with Crippen molar-refractivity contribution < 1.29 is 13.9 Å². The first-order valence-electron chi connectivity index (χ1n) is 7.96. The Morgan fingerprint density at radius 2 is 2.12 bits per heavy atom. The molecule has 130 valence electrons. The molecule has 0 N–H and O–H groups in total. The van der Waals surface area contributed by atoms with Gasteiger partial charge in [-0.15, -0.1) is 11.8 Å². The SMILES string of the molecule is CCCC(C)(I)C(=O)OCCCSc1cc(=O)oc2ccccc12. The number of para-hydroxylation sites is 1. The summed E-state index contributed by atoms with van der Waals surface area (Å²) >= 11 is 3.74. The maximum absolute atomic E-state index is 12.0. The predicted octanol–water partition coefficient (Wildman–Crippen LogP) is 4.81. The molecule has 0 bridgehead atoms. The van der Waals surface area contributed by atoms with Crippen LogP contribution in [0.3, 0.4) is 0 Å². The van der Waals surface area contributed by atoms with Crippen molar-refractivity contribution in [3.05, 3.63) is 40.8 Å². The van der Waals surface area contributed by atoms with Gasteiger partial charge in [-0.25, -0.2) is 4.79 Å². The average Bonchev–Trinajstić information content (AvgIpc) is 2.54. The first kappa shape index (κ1) is 19.3. The number of benzene rings is 1. The molecule has 1 atom stereocenters. The van der Waals surface area contributed by atoms with Crippen LogP contribution in [0.1, 0.15) is 33.1 Å². The Bertz CT molecular complexity index is 754. The molecule has 0 amide bonds. The van der Waals surface area contributed by atoms with Gasteiger partial charge in [-0.2, -0.15) is 0 Å². The summed E-state index contributed by atoms with van der Waals surface area (Å²) in [5, 5.41) is 0.932. The third-order valence-corrected chi connectivity index (χ3v) is 5.66. The Hall–Kier alpha value is -1.02. The van der Waals surface area contributed by atoms with Gasteiger partial charge in [-0.05, 0) is 25.8 Å². The fourth-order valence-electron chi connectivity index (χ4n) is 2.33.